The minimum absolute atomic E-state index is 0.101. The van der Waals surface area contributed by atoms with Gasteiger partial charge in [0.25, 0.3) is 0 Å². The summed E-state index contributed by atoms with van der Waals surface area (Å²) in [5.41, 5.74) is 1.21. The van der Waals surface area contributed by atoms with Crippen LogP contribution in [0.5, 0.6) is 0 Å². The summed E-state index contributed by atoms with van der Waals surface area (Å²) in [6.07, 6.45) is 0.994. The van der Waals surface area contributed by atoms with Gasteiger partial charge >= 0.3 is 12.1 Å². The Balaban J connectivity index is 2.48. The minimum Gasteiger partial charge on any atom is -0.460 e. The molecule has 0 aliphatic heterocycles. The molecule has 2 aromatic rings. The zero-order chi connectivity index (χ0) is 18.8. The molecule has 0 saturated heterocycles. The van der Waals surface area contributed by atoms with E-state index in [1.165, 1.54) is 0 Å². The van der Waals surface area contributed by atoms with Gasteiger partial charge in [0, 0.05) is 6.20 Å². The number of rotatable bonds is 4. The van der Waals surface area contributed by atoms with Crippen LogP contribution in [0.15, 0.2) is 16.7 Å². The smallest absolute Gasteiger partial charge is 0.412 e. The van der Waals surface area contributed by atoms with Gasteiger partial charge in [0.15, 0.2) is 5.58 Å². The SMILES string of the molecule is CCOC(=O)c1oc2cc(C(C)C)cnc2c1NC(=O)OC(C)(C)C. The van der Waals surface area contributed by atoms with Gasteiger partial charge in [0.05, 0.1) is 6.61 Å². The number of esters is 1. The number of aromatic nitrogens is 1. The quantitative estimate of drug-likeness (QED) is 0.820. The Labute approximate surface area is 146 Å². The average molecular weight is 348 g/mol. The van der Waals surface area contributed by atoms with E-state index in [2.05, 4.69) is 10.3 Å². The molecule has 2 aromatic heterocycles. The Morgan fingerprint density at radius 2 is 2.00 bits per heavy atom. The van der Waals surface area contributed by atoms with E-state index in [-0.39, 0.29) is 24.0 Å². The standard InChI is InChI=1S/C18H24N2O5/c1-7-23-16(21)15-14(20-17(22)25-18(4,5)6)13-12(24-15)8-11(9-19-13)10(2)3/h8-10H,7H2,1-6H3,(H,20,22). The maximum absolute atomic E-state index is 12.2. The molecule has 1 N–H and O–H groups in total. The first-order chi connectivity index (χ1) is 11.6. The molecule has 1 amide bonds. The molecule has 0 aromatic carbocycles. The molecule has 136 valence electrons. The highest BCUT2D eigenvalue weighted by Gasteiger charge is 2.26. The monoisotopic (exact) mass is 348 g/mol. The van der Waals surface area contributed by atoms with Gasteiger partial charge in [-0.15, -0.1) is 0 Å². The van der Waals surface area contributed by atoms with E-state index in [1.54, 1.807) is 40.0 Å². The molecule has 7 heteroatoms. The van der Waals surface area contributed by atoms with Crippen LogP contribution in [0.3, 0.4) is 0 Å². The van der Waals surface area contributed by atoms with Crippen LogP contribution in [0.2, 0.25) is 0 Å². The third-order valence-corrected chi connectivity index (χ3v) is 3.30. The van der Waals surface area contributed by atoms with Crippen LogP contribution in [0, 0.1) is 0 Å². The number of carbonyl (C=O) groups excluding carboxylic acids is 2. The summed E-state index contributed by atoms with van der Waals surface area (Å²) < 4.78 is 15.9. The van der Waals surface area contributed by atoms with Crippen molar-refractivity contribution in [2.45, 2.75) is 53.1 Å². The van der Waals surface area contributed by atoms with Crippen molar-refractivity contribution in [3.8, 4) is 0 Å². The Hall–Kier alpha value is -2.57. The molecular weight excluding hydrogens is 324 g/mol. The van der Waals surface area contributed by atoms with Crippen LogP contribution in [-0.2, 0) is 9.47 Å². The van der Waals surface area contributed by atoms with Crippen molar-refractivity contribution in [2.75, 3.05) is 11.9 Å². The average Bonchev–Trinajstić information content (AvgIpc) is 2.83. The lowest BCUT2D eigenvalue weighted by Gasteiger charge is -2.19. The number of pyridine rings is 1. The second-order valence-corrected chi connectivity index (χ2v) is 6.92. The van der Waals surface area contributed by atoms with Crippen LogP contribution < -0.4 is 5.32 Å². The van der Waals surface area contributed by atoms with Crippen LogP contribution in [-0.4, -0.2) is 29.3 Å². The van der Waals surface area contributed by atoms with E-state index >= 15 is 0 Å². The van der Waals surface area contributed by atoms with Crippen molar-refractivity contribution < 1.29 is 23.5 Å². The molecular formula is C18H24N2O5. The molecule has 7 nitrogen and oxygen atoms in total. The fourth-order valence-electron chi connectivity index (χ4n) is 2.17. The molecule has 0 aliphatic rings. The summed E-state index contributed by atoms with van der Waals surface area (Å²) in [7, 11) is 0. The Bertz CT molecular complexity index is 787. The molecule has 2 rings (SSSR count). The van der Waals surface area contributed by atoms with Gasteiger partial charge in [0.1, 0.15) is 16.8 Å². The van der Waals surface area contributed by atoms with Crippen LogP contribution >= 0.6 is 0 Å². The van der Waals surface area contributed by atoms with Crippen molar-refractivity contribution in [3.05, 3.63) is 23.6 Å². The molecule has 0 spiro atoms. The van der Waals surface area contributed by atoms with Crippen molar-refractivity contribution in [3.63, 3.8) is 0 Å². The van der Waals surface area contributed by atoms with Crippen LogP contribution in [0.4, 0.5) is 10.5 Å². The predicted octanol–water partition coefficient (Wildman–Crippen LogP) is 4.47. The predicted molar refractivity (Wildman–Crippen MR) is 93.9 cm³/mol. The lowest BCUT2D eigenvalue weighted by atomic mass is 10.1. The first kappa shape index (κ1) is 18.8. The number of nitrogens with one attached hydrogen (secondary N) is 1. The summed E-state index contributed by atoms with van der Waals surface area (Å²) in [4.78, 5) is 28.7. The molecule has 0 aliphatic carbocycles. The molecule has 0 unspecified atom stereocenters. The summed E-state index contributed by atoms with van der Waals surface area (Å²) in [6.45, 7) is 11.2. The fraction of sp³-hybridized carbons (Fsp3) is 0.500. The number of fused-ring (bicyclic) bond motifs is 1. The second kappa shape index (κ2) is 7.13. The van der Waals surface area contributed by atoms with Crippen molar-refractivity contribution >= 4 is 28.8 Å². The second-order valence-electron chi connectivity index (χ2n) is 6.92. The molecule has 25 heavy (non-hydrogen) atoms. The van der Waals surface area contributed by atoms with Crippen molar-refractivity contribution in [2.24, 2.45) is 0 Å². The van der Waals surface area contributed by atoms with E-state index in [9.17, 15) is 9.59 Å². The van der Waals surface area contributed by atoms with E-state index in [4.69, 9.17) is 13.9 Å². The Morgan fingerprint density at radius 3 is 2.56 bits per heavy atom. The third kappa shape index (κ3) is 4.49. The number of ether oxygens (including phenoxy) is 2. The third-order valence-electron chi connectivity index (χ3n) is 3.30. The first-order valence-electron chi connectivity index (χ1n) is 8.22. The first-order valence-corrected chi connectivity index (χ1v) is 8.22. The van der Waals surface area contributed by atoms with Gasteiger partial charge in [-0.25, -0.2) is 9.59 Å². The fourth-order valence-corrected chi connectivity index (χ4v) is 2.17. The maximum Gasteiger partial charge on any atom is 0.412 e. The van der Waals surface area contributed by atoms with E-state index in [0.717, 1.165) is 5.56 Å². The Morgan fingerprint density at radius 1 is 1.32 bits per heavy atom. The van der Waals surface area contributed by atoms with Gasteiger partial charge in [0.2, 0.25) is 5.76 Å². The van der Waals surface area contributed by atoms with Crippen LogP contribution in [0.1, 0.15) is 63.6 Å². The number of hydrogen-bond donors (Lipinski definition) is 1. The lowest BCUT2D eigenvalue weighted by Crippen LogP contribution is -2.27. The Kier molecular flexibility index (Phi) is 5.35. The minimum atomic E-state index is -0.699. The number of nitrogens with zero attached hydrogens (tertiary/aromatic N) is 1. The highest BCUT2D eigenvalue weighted by atomic mass is 16.6. The molecule has 0 atom stereocenters. The number of amides is 1. The van der Waals surface area contributed by atoms with Gasteiger partial charge in [-0.3, -0.25) is 10.3 Å². The van der Waals surface area contributed by atoms with Gasteiger partial charge < -0.3 is 13.9 Å². The number of anilines is 1. The zero-order valence-electron chi connectivity index (χ0n) is 15.4. The largest absolute Gasteiger partial charge is 0.460 e. The van der Waals surface area contributed by atoms with Crippen LogP contribution in [0.25, 0.3) is 11.1 Å². The molecule has 2 heterocycles. The van der Waals surface area contributed by atoms with Gasteiger partial charge in [-0.1, -0.05) is 13.8 Å². The molecule has 0 bridgehead atoms. The van der Waals surface area contributed by atoms with Crippen molar-refractivity contribution in [1.29, 1.82) is 0 Å². The highest BCUT2D eigenvalue weighted by molar-refractivity contribution is 6.07. The number of carbonyl (C=O) groups is 2. The van der Waals surface area contributed by atoms with E-state index in [0.29, 0.717) is 11.1 Å². The molecule has 0 fully saturated rings. The van der Waals surface area contributed by atoms with Gasteiger partial charge in [-0.2, -0.15) is 0 Å². The maximum atomic E-state index is 12.2. The summed E-state index contributed by atoms with van der Waals surface area (Å²) in [5.74, 6) is -0.524. The summed E-state index contributed by atoms with van der Waals surface area (Å²) in [6, 6.07) is 1.80. The van der Waals surface area contributed by atoms with E-state index < -0.39 is 17.7 Å². The number of hydrogen-bond acceptors (Lipinski definition) is 6. The normalized spacial score (nSPS) is 11.6. The van der Waals surface area contributed by atoms with E-state index in [1.807, 2.05) is 13.8 Å². The summed E-state index contributed by atoms with van der Waals surface area (Å²) in [5, 5.41) is 2.56. The molecule has 0 saturated carbocycles. The zero-order valence-corrected chi connectivity index (χ0v) is 15.4. The summed E-state index contributed by atoms with van der Waals surface area (Å²) >= 11 is 0. The number of furan rings is 1. The molecule has 0 radical (unpaired) electrons. The lowest BCUT2D eigenvalue weighted by molar-refractivity contribution is 0.0494. The van der Waals surface area contributed by atoms with Crippen molar-refractivity contribution in [1.82, 2.24) is 4.98 Å². The highest BCUT2D eigenvalue weighted by Crippen LogP contribution is 2.32. The van der Waals surface area contributed by atoms with Gasteiger partial charge in [-0.05, 0) is 45.2 Å². The topological polar surface area (TPSA) is 90.7 Å².